The number of sulfonamides is 1. The molecule has 3 aromatic heterocycles. The van der Waals surface area contributed by atoms with Crippen molar-refractivity contribution in [1.29, 1.82) is 0 Å². The van der Waals surface area contributed by atoms with Crippen molar-refractivity contribution in [2.45, 2.75) is 62.3 Å². The van der Waals surface area contributed by atoms with Crippen LogP contribution in [0.1, 0.15) is 49.9 Å². The summed E-state index contributed by atoms with van der Waals surface area (Å²) in [6.45, 7) is 3.95. The number of likely N-dealkylation sites (tertiary alicyclic amines) is 1. The Labute approximate surface area is 267 Å². The summed E-state index contributed by atoms with van der Waals surface area (Å²) >= 11 is 6.21. The molecular formula is C28H31ClF3N7O6S. The minimum atomic E-state index is -4.45. The summed E-state index contributed by atoms with van der Waals surface area (Å²) in [5.74, 6) is -2.29. The zero-order valence-electron chi connectivity index (χ0n) is 24.7. The summed E-state index contributed by atoms with van der Waals surface area (Å²) in [7, 11) is -4.45. The molecule has 1 saturated heterocycles. The minimum absolute atomic E-state index is 0.0616. The van der Waals surface area contributed by atoms with E-state index in [1.807, 2.05) is 18.6 Å². The van der Waals surface area contributed by atoms with E-state index < -0.39 is 50.6 Å². The topological polar surface area (TPSA) is 169 Å². The molecule has 3 atom stereocenters. The highest BCUT2D eigenvalue weighted by Crippen LogP contribution is 2.51. The van der Waals surface area contributed by atoms with Crippen LogP contribution in [0.15, 0.2) is 47.6 Å². The number of pyridine rings is 2. The number of halogens is 4. The van der Waals surface area contributed by atoms with Crippen molar-refractivity contribution >= 4 is 39.4 Å². The number of rotatable bonds is 11. The molecule has 5 rings (SSSR count). The molecular weight excluding hydrogens is 655 g/mol. The smallest absolute Gasteiger partial charge is 0.408 e. The second kappa shape index (κ2) is 12.6. The van der Waals surface area contributed by atoms with Crippen molar-refractivity contribution in [3.8, 4) is 11.7 Å². The standard InChI is InChI=1S/C28H31ClF3N7O6S/c1-27(2)11-8-17(39(27)26(41)42)15-33-20-4-3-5-23(34-20)46(43,44)37-25(40)18-6-7-21(35-24(18)29)38-12-9-22(36-38)45-13-10-16-14-19(16)28(30,31)32/h3-7,9,12,16-17,19H,8,10-11,13-15H2,1-2H3,(H,33,34)(H,37,40)(H,41,42). The van der Waals surface area contributed by atoms with Crippen LogP contribution in [-0.4, -0.2) is 81.1 Å². The van der Waals surface area contributed by atoms with Crippen LogP contribution in [0.4, 0.5) is 23.8 Å². The highest BCUT2D eigenvalue weighted by atomic mass is 35.5. The van der Waals surface area contributed by atoms with Crippen LogP contribution in [0.5, 0.6) is 5.88 Å². The minimum Gasteiger partial charge on any atom is -0.477 e. The third-order valence-corrected chi connectivity index (χ3v) is 9.54. The molecule has 0 aromatic carbocycles. The Hall–Kier alpha value is -4.12. The van der Waals surface area contributed by atoms with Gasteiger partial charge < -0.3 is 15.2 Å². The first-order chi connectivity index (χ1) is 21.5. The van der Waals surface area contributed by atoms with E-state index in [2.05, 4.69) is 20.4 Å². The van der Waals surface area contributed by atoms with Crippen LogP contribution in [0.25, 0.3) is 5.82 Å². The summed E-state index contributed by atoms with van der Waals surface area (Å²) in [6, 6.07) is 7.92. The lowest BCUT2D eigenvalue weighted by Gasteiger charge is -2.33. The van der Waals surface area contributed by atoms with Gasteiger partial charge in [-0.3, -0.25) is 9.69 Å². The van der Waals surface area contributed by atoms with Crippen LogP contribution >= 0.6 is 11.6 Å². The second-order valence-electron chi connectivity index (χ2n) is 11.7. The maximum Gasteiger partial charge on any atom is 0.408 e. The van der Waals surface area contributed by atoms with Crippen molar-refractivity contribution < 1.29 is 41.0 Å². The lowest BCUT2D eigenvalue weighted by Crippen LogP contribution is -2.48. The summed E-state index contributed by atoms with van der Waals surface area (Å²) in [5, 5.41) is 16.0. The molecule has 1 aliphatic carbocycles. The largest absolute Gasteiger partial charge is 0.477 e. The zero-order valence-corrected chi connectivity index (χ0v) is 26.2. The second-order valence-corrected chi connectivity index (χ2v) is 13.7. The van der Waals surface area contributed by atoms with E-state index in [-0.39, 0.29) is 60.3 Å². The normalized spacial score (nSPS) is 20.7. The monoisotopic (exact) mass is 685 g/mol. The molecule has 46 heavy (non-hydrogen) atoms. The molecule has 3 unspecified atom stereocenters. The molecule has 248 valence electrons. The number of hydrogen-bond acceptors (Lipinski definition) is 9. The molecule has 1 aliphatic heterocycles. The highest BCUT2D eigenvalue weighted by molar-refractivity contribution is 7.90. The summed E-state index contributed by atoms with van der Waals surface area (Å²) in [6.07, 6.45) is -2.11. The molecule has 0 spiro atoms. The third kappa shape index (κ3) is 7.46. The van der Waals surface area contributed by atoms with E-state index in [9.17, 15) is 36.3 Å². The van der Waals surface area contributed by atoms with Crippen LogP contribution in [-0.2, 0) is 10.0 Å². The molecule has 13 nitrogen and oxygen atoms in total. The van der Waals surface area contributed by atoms with Crippen molar-refractivity contribution in [3.63, 3.8) is 0 Å². The van der Waals surface area contributed by atoms with Gasteiger partial charge >= 0.3 is 12.3 Å². The highest BCUT2D eigenvalue weighted by Gasteiger charge is 2.55. The fourth-order valence-corrected chi connectivity index (χ4v) is 6.67. The molecule has 2 amide bonds. The summed E-state index contributed by atoms with van der Waals surface area (Å²) < 4.78 is 72.7. The van der Waals surface area contributed by atoms with Gasteiger partial charge in [0.05, 0.1) is 24.1 Å². The van der Waals surface area contributed by atoms with Gasteiger partial charge in [0.2, 0.25) is 5.88 Å². The average Bonchev–Trinajstić information content (AvgIpc) is 3.49. The number of ether oxygens (including phenoxy) is 1. The quantitative estimate of drug-likeness (QED) is 0.240. The van der Waals surface area contributed by atoms with Crippen LogP contribution in [0, 0.1) is 11.8 Å². The Bertz CT molecular complexity index is 1740. The van der Waals surface area contributed by atoms with Crippen LogP contribution < -0.4 is 14.8 Å². The Kier molecular flexibility index (Phi) is 9.10. The van der Waals surface area contributed by atoms with Gasteiger partial charge in [0.15, 0.2) is 10.8 Å². The summed E-state index contributed by atoms with van der Waals surface area (Å²) in [4.78, 5) is 34.2. The van der Waals surface area contributed by atoms with Gasteiger partial charge in [0.25, 0.3) is 15.9 Å². The van der Waals surface area contributed by atoms with E-state index in [0.717, 1.165) is 0 Å². The number of nitrogens with zero attached hydrogens (tertiary/aromatic N) is 5. The van der Waals surface area contributed by atoms with E-state index in [0.29, 0.717) is 12.8 Å². The number of hydrogen-bond donors (Lipinski definition) is 3. The van der Waals surface area contributed by atoms with E-state index in [4.69, 9.17) is 16.3 Å². The first-order valence-electron chi connectivity index (χ1n) is 14.3. The molecule has 3 aromatic rings. The fourth-order valence-electron chi connectivity index (χ4n) is 5.50. The number of nitrogens with one attached hydrogen (secondary N) is 2. The average molecular weight is 686 g/mol. The van der Waals surface area contributed by atoms with E-state index in [1.165, 1.54) is 52.2 Å². The van der Waals surface area contributed by atoms with Crippen molar-refractivity contribution in [1.82, 2.24) is 29.4 Å². The number of amides is 2. The predicted molar refractivity (Wildman–Crippen MR) is 158 cm³/mol. The van der Waals surface area contributed by atoms with Crippen LogP contribution in [0.2, 0.25) is 5.15 Å². The SMILES string of the molecule is CC1(C)CCC(CNc2cccc(S(=O)(=O)NC(=O)c3ccc(-n4ccc(OCCC5CC5C(F)(F)F)n4)nc3Cl)n2)N1C(=O)O. The molecule has 0 bridgehead atoms. The van der Waals surface area contributed by atoms with Gasteiger partial charge in [-0.15, -0.1) is 5.10 Å². The van der Waals surface area contributed by atoms with Crippen molar-refractivity contribution in [2.24, 2.45) is 11.8 Å². The summed E-state index contributed by atoms with van der Waals surface area (Å²) in [5.41, 5.74) is -0.774. The number of carboxylic acid groups (broad SMARTS) is 1. The van der Waals surface area contributed by atoms with Gasteiger partial charge in [0.1, 0.15) is 11.0 Å². The van der Waals surface area contributed by atoms with Crippen molar-refractivity contribution in [3.05, 3.63) is 53.3 Å². The maximum atomic E-state index is 13.0. The van der Waals surface area contributed by atoms with Gasteiger partial charge in [-0.2, -0.15) is 21.6 Å². The number of alkyl halides is 3. The van der Waals surface area contributed by atoms with Crippen molar-refractivity contribution in [2.75, 3.05) is 18.5 Å². The third-order valence-electron chi connectivity index (χ3n) is 8.02. The fraction of sp³-hybridized carbons (Fsp3) is 0.464. The number of anilines is 1. The Morgan fingerprint density at radius 2 is 1.93 bits per heavy atom. The van der Waals surface area contributed by atoms with E-state index >= 15 is 0 Å². The molecule has 3 N–H and O–H groups in total. The lowest BCUT2D eigenvalue weighted by atomic mass is 10.0. The molecule has 1 saturated carbocycles. The number of carbonyl (C=O) groups excluding carboxylic acids is 1. The van der Waals surface area contributed by atoms with Gasteiger partial charge in [-0.05, 0) is 69.7 Å². The molecule has 2 fully saturated rings. The lowest BCUT2D eigenvalue weighted by molar-refractivity contribution is -0.151. The number of aromatic nitrogens is 4. The van der Waals surface area contributed by atoms with Gasteiger partial charge in [-0.1, -0.05) is 17.7 Å². The van der Waals surface area contributed by atoms with Gasteiger partial charge in [-0.25, -0.2) is 24.2 Å². The first-order valence-corrected chi connectivity index (χ1v) is 16.1. The molecule has 18 heteroatoms. The number of carbonyl (C=O) groups is 2. The predicted octanol–water partition coefficient (Wildman–Crippen LogP) is 4.73. The van der Waals surface area contributed by atoms with E-state index in [1.54, 1.807) is 0 Å². The van der Waals surface area contributed by atoms with Gasteiger partial charge in [0, 0.05) is 24.3 Å². The van der Waals surface area contributed by atoms with Crippen LogP contribution in [0.3, 0.4) is 0 Å². The Morgan fingerprint density at radius 1 is 1.17 bits per heavy atom. The Morgan fingerprint density at radius 3 is 2.61 bits per heavy atom. The molecule has 4 heterocycles. The maximum absolute atomic E-state index is 13.0. The zero-order chi connectivity index (χ0) is 33.4. The Balaban J connectivity index is 1.18. The molecule has 0 radical (unpaired) electrons. The molecule has 2 aliphatic rings. The first kappa shape index (κ1) is 33.2.